The van der Waals surface area contributed by atoms with Crippen LogP contribution in [0.3, 0.4) is 0 Å². The lowest BCUT2D eigenvalue weighted by molar-refractivity contribution is -0.149. The van der Waals surface area contributed by atoms with Gasteiger partial charge in [0.25, 0.3) is 0 Å². The molecule has 0 bridgehead atoms. The first kappa shape index (κ1) is 17.7. The van der Waals surface area contributed by atoms with Gasteiger partial charge in [-0.1, -0.05) is 26.2 Å². The van der Waals surface area contributed by atoms with E-state index in [9.17, 15) is 19.5 Å². The van der Waals surface area contributed by atoms with Crippen LogP contribution in [-0.2, 0) is 14.4 Å². The highest BCUT2D eigenvalue weighted by Gasteiger charge is 2.40. The molecule has 0 spiro atoms. The Morgan fingerprint density at radius 2 is 1.86 bits per heavy atom. The van der Waals surface area contributed by atoms with Crippen LogP contribution in [0.25, 0.3) is 0 Å². The minimum atomic E-state index is -0.986. The monoisotopic (exact) mass is 345 g/mol. The molecule has 5 nitrogen and oxygen atoms in total. The third-order valence-electron chi connectivity index (χ3n) is 4.61. The Hall–Kier alpha value is -0.690. The van der Waals surface area contributed by atoms with Crippen LogP contribution in [0, 0.1) is 11.8 Å². The van der Waals surface area contributed by atoms with Crippen LogP contribution in [0.4, 0.5) is 0 Å². The van der Waals surface area contributed by atoms with Gasteiger partial charge in [0.15, 0.2) is 0 Å². The predicted octanol–water partition coefficient (Wildman–Crippen LogP) is 2.06. The molecule has 0 radical (unpaired) electrons. The third kappa shape index (κ3) is 3.79. The summed E-state index contributed by atoms with van der Waals surface area (Å²) in [5.41, 5.74) is 0. The second-order valence-electron chi connectivity index (χ2n) is 6.13. The van der Waals surface area contributed by atoms with Crippen LogP contribution in [0.1, 0.15) is 39.0 Å². The van der Waals surface area contributed by atoms with E-state index >= 15 is 0 Å². The van der Waals surface area contributed by atoms with Gasteiger partial charge in [-0.2, -0.15) is 12.6 Å². The summed E-state index contributed by atoms with van der Waals surface area (Å²) in [5.74, 6) is -1.02. The first-order valence-electron chi connectivity index (χ1n) is 7.76. The molecule has 7 heteroatoms. The van der Waals surface area contributed by atoms with E-state index in [0.717, 1.165) is 25.7 Å². The number of Topliss-reactive ketones (excluding diaryl/α,β-unsaturated/α-hetero) is 1. The summed E-state index contributed by atoms with van der Waals surface area (Å²) in [6.07, 6.45) is 5.05. The molecule has 2 rings (SSSR count). The zero-order valence-electron chi connectivity index (χ0n) is 12.7. The molecular formula is C15H23NO4S2. The van der Waals surface area contributed by atoms with Crippen LogP contribution in [0.5, 0.6) is 0 Å². The van der Waals surface area contributed by atoms with Gasteiger partial charge in [0.2, 0.25) is 5.91 Å². The predicted molar refractivity (Wildman–Crippen MR) is 89.1 cm³/mol. The van der Waals surface area contributed by atoms with Crippen molar-refractivity contribution in [3.8, 4) is 0 Å². The van der Waals surface area contributed by atoms with Crippen LogP contribution < -0.4 is 0 Å². The van der Waals surface area contributed by atoms with Gasteiger partial charge >= 0.3 is 5.97 Å². The van der Waals surface area contributed by atoms with E-state index in [1.54, 1.807) is 6.92 Å². The number of carbonyl (C=O) groups excluding carboxylic acids is 2. The van der Waals surface area contributed by atoms with Crippen molar-refractivity contribution in [3.05, 3.63) is 0 Å². The highest BCUT2D eigenvalue weighted by molar-refractivity contribution is 7.99. The van der Waals surface area contributed by atoms with Gasteiger partial charge in [-0.05, 0) is 12.8 Å². The Morgan fingerprint density at radius 1 is 1.23 bits per heavy atom. The summed E-state index contributed by atoms with van der Waals surface area (Å²) in [4.78, 5) is 37.6. The first-order chi connectivity index (χ1) is 10.4. The quantitative estimate of drug-likeness (QED) is 0.746. The molecule has 1 saturated heterocycles. The molecule has 1 N–H and O–H groups in total. The minimum absolute atomic E-state index is 0.00900. The molecule has 0 aromatic carbocycles. The Labute approximate surface area is 140 Å². The lowest BCUT2D eigenvalue weighted by Crippen LogP contribution is -2.47. The van der Waals surface area contributed by atoms with Crippen molar-refractivity contribution in [3.63, 3.8) is 0 Å². The normalized spacial score (nSPS) is 25.7. The summed E-state index contributed by atoms with van der Waals surface area (Å²) >= 11 is 5.82. The van der Waals surface area contributed by atoms with Gasteiger partial charge in [-0.25, -0.2) is 4.79 Å². The molecular weight excluding hydrogens is 322 g/mol. The zero-order valence-corrected chi connectivity index (χ0v) is 14.4. The van der Waals surface area contributed by atoms with Gasteiger partial charge in [0, 0.05) is 11.7 Å². The van der Waals surface area contributed by atoms with Gasteiger partial charge in [-0.15, -0.1) is 11.8 Å². The SMILES string of the molecule is C[C@@H](C(=O)N1CSC[C@H]1C(=O)O)C(S)C(=O)C1CCCCC1. The third-order valence-corrected chi connectivity index (χ3v) is 6.33. The molecule has 1 aliphatic heterocycles. The van der Waals surface area contributed by atoms with Crippen molar-refractivity contribution >= 4 is 42.1 Å². The van der Waals surface area contributed by atoms with E-state index in [1.165, 1.54) is 23.1 Å². The number of thiol groups is 1. The highest BCUT2D eigenvalue weighted by Crippen LogP contribution is 2.30. The molecule has 1 unspecified atom stereocenters. The molecule has 2 fully saturated rings. The highest BCUT2D eigenvalue weighted by atomic mass is 32.2. The second-order valence-corrected chi connectivity index (χ2v) is 7.69. The molecule has 2 aliphatic rings. The molecule has 1 aliphatic carbocycles. The molecule has 1 heterocycles. The molecule has 1 saturated carbocycles. The number of carbonyl (C=O) groups is 3. The van der Waals surface area contributed by atoms with Crippen LogP contribution in [0.15, 0.2) is 0 Å². The van der Waals surface area contributed by atoms with Gasteiger partial charge in [0.05, 0.1) is 17.0 Å². The van der Waals surface area contributed by atoms with Crippen LogP contribution >= 0.6 is 24.4 Å². The Balaban J connectivity index is 1.99. The maximum absolute atomic E-state index is 12.5. The fourth-order valence-corrected chi connectivity index (χ4v) is 4.63. The topological polar surface area (TPSA) is 74.7 Å². The van der Waals surface area contributed by atoms with Crippen LogP contribution in [-0.4, -0.2) is 50.6 Å². The summed E-state index contributed by atoms with van der Waals surface area (Å²) in [5, 5.41) is 8.53. The van der Waals surface area contributed by atoms with E-state index in [0.29, 0.717) is 11.6 Å². The van der Waals surface area contributed by atoms with E-state index in [4.69, 9.17) is 0 Å². The summed E-state index contributed by atoms with van der Waals surface area (Å²) in [6.45, 7) is 1.68. The Morgan fingerprint density at radius 3 is 2.45 bits per heavy atom. The van der Waals surface area contributed by atoms with Gasteiger partial charge < -0.3 is 10.0 Å². The second kappa shape index (κ2) is 7.73. The van der Waals surface area contributed by atoms with Crippen molar-refractivity contribution < 1.29 is 19.5 Å². The number of nitrogens with zero attached hydrogens (tertiary/aromatic N) is 1. The fourth-order valence-electron chi connectivity index (χ4n) is 3.14. The number of hydrogen-bond donors (Lipinski definition) is 2. The number of carboxylic acid groups (broad SMARTS) is 1. The standard InChI is InChI=1S/C15H23NO4S2/c1-9(13(21)12(17)10-5-3-2-4-6-10)14(18)16-8-22-7-11(16)15(19)20/h9-11,13,21H,2-8H2,1H3,(H,19,20)/t9-,11+,13?/m1/s1. The number of amides is 1. The Kier molecular flexibility index (Phi) is 6.20. The van der Waals surface area contributed by atoms with Crippen molar-refractivity contribution in [2.75, 3.05) is 11.6 Å². The number of aliphatic carboxylic acids is 1. The number of hydrogen-bond acceptors (Lipinski definition) is 5. The van der Waals surface area contributed by atoms with E-state index in [-0.39, 0.29) is 17.6 Å². The smallest absolute Gasteiger partial charge is 0.327 e. The summed E-state index contributed by atoms with van der Waals surface area (Å²) in [6, 6.07) is -0.787. The van der Waals surface area contributed by atoms with Crippen molar-refractivity contribution in [2.24, 2.45) is 11.8 Å². The summed E-state index contributed by atoms with van der Waals surface area (Å²) in [7, 11) is 0. The maximum Gasteiger partial charge on any atom is 0.327 e. The van der Waals surface area contributed by atoms with Gasteiger partial charge in [-0.3, -0.25) is 9.59 Å². The lowest BCUT2D eigenvalue weighted by atomic mass is 9.83. The van der Waals surface area contributed by atoms with Gasteiger partial charge in [0.1, 0.15) is 11.8 Å². The number of carboxylic acids is 1. The minimum Gasteiger partial charge on any atom is -0.480 e. The summed E-state index contributed by atoms with van der Waals surface area (Å²) < 4.78 is 0. The van der Waals surface area contributed by atoms with E-state index in [2.05, 4.69) is 12.6 Å². The number of ketones is 1. The molecule has 124 valence electrons. The largest absolute Gasteiger partial charge is 0.480 e. The van der Waals surface area contributed by atoms with Crippen LogP contribution in [0.2, 0.25) is 0 Å². The van der Waals surface area contributed by atoms with Crippen molar-refractivity contribution in [1.29, 1.82) is 0 Å². The van der Waals surface area contributed by atoms with E-state index in [1.807, 2.05) is 0 Å². The molecule has 0 aromatic heterocycles. The molecule has 3 atom stereocenters. The molecule has 0 aromatic rings. The number of thioether (sulfide) groups is 1. The van der Waals surface area contributed by atoms with Crippen molar-refractivity contribution in [1.82, 2.24) is 4.90 Å². The zero-order chi connectivity index (χ0) is 16.3. The average Bonchev–Trinajstić information content (AvgIpc) is 3.02. The first-order valence-corrected chi connectivity index (χ1v) is 9.43. The fraction of sp³-hybridized carbons (Fsp3) is 0.800. The maximum atomic E-state index is 12.5. The van der Waals surface area contributed by atoms with E-state index < -0.39 is 23.2 Å². The van der Waals surface area contributed by atoms with Crippen molar-refractivity contribution in [2.45, 2.75) is 50.3 Å². The Bertz CT molecular complexity index is 451. The lowest BCUT2D eigenvalue weighted by Gasteiger charge is -2.29. The molecule has 22 heavy (non-hydrogen) atoms. The molecule has 1 amide bonds. The number of rotatable bonds is 5. The average molecular weight is 345 g/mol.